The van der Waals surface area contributed by atoms with E-state index in [-0.39, 0.29) is 12.6 Å². The van der Waals surface area contributed by atoms with Crippen LogP contribution >= 0.6 is 0 Å². The second kappa shape index (κ2) is 6.65. The van der Waals surface area contributed by atoms with Gasteiger partial charge in [0.25, 0.3) is 0 Å². The van der Waals surface area contributed by atoms with Crippen LogP contribution in [-0.4, -0.2) is 41.0 Å². The van der Waals surface area contributed by atoms with Gasteiger partial charge in [-0.1, -0.05) is 12.1 Å². The summed E-state index contributed by atoms with van der Waals surface area (Å²) in [5.74, 6) is 0.984. The monoisotopic (exact) mass is 263 g/mol. The van der Waals surface area contributed by atoms with E-state index in [1.807, 2.05) is 18.2 Å². The van der Waals surface area contributed by atoms with Gasteiger partial charge in [0.2, 0.25) is 0 Å². The first-order valence-electron chi connectivity index (χ1n) is 6.57. The minimum absolute atomic E-state index is 0.0557. The van der Waals surface area contributed by atoms with Crippen LogP contribution in [0.1, 0.15) is 12.7 Å². The summed E-state index contributed by atoms with van der Waals surface area (Å²) in [6.45, 7) is 4.15. The fourth-order valence-electron chi connectivity index (χ4n) is 2.23. The highest BCUT2D eigenvalue weighted by molar-refractivity contribution is 5.75. The molecule has 104 valence electrons. The van der Waals surface area contributed by atoms with Crippen molar-refractivity contribution in [2.45, 2.75) is 26.1 Å². The number of para-hydroxylation sites is 2. The third kappa shape index (κ3) is 3.12. The Kier molecular flexibility index (Phi) is 4.90. The molecule has 19 heavy (non-hydrogen) atoms. The van der Waals surface area contributed by atoms with E-state index >= 15 is 0 Å². The van der Waals surface area contributed by atoms with Crippen LogP contribution in [0.25, 0.3) is 11.0 Å². The number of fused-ring (bicyclic) bond motifs is 1. The van der Waals surface area contributed by atoms with Gasteiger partial charge in [-0.3, -0.25) is 0 Å². The number of aliphatic hydroxyl groups excluding tert-OH is 1. The van der Waals surface area contributed by atoms with E-state index in [1.165, 1.54) is 0 Å². The maximum atomic E-state index is 9.23. The second-order valence-electron chi connectivity index (χ2n) is 4.48. The van der Waals surface area contributed by atoms with Crippen molar-refractivity contribution in [2.24, 2.45) is 0 Å². The zero-order valence-corrected chi connectivity index (χ0v) is 11.5. The number of hydrogen-bond acceptors (Lipinski definition) is 4. The van der Waals surface area contributed by atoms with E-state index in [9.17, 15) is 5.11 Å². The number of ether oxygens (including phenoxy) is 1. The lowest BCUT2D eigenvalue weighted by Gasteiger charge is -2.15. The van der Waals surface area contributed by atoms with E-state index in [0.717, 1.165) is 23.4 Å². The third-order valence-corrected chi connectivity index (χ3v) is 3.19. The lowest BCUT2D eigenvalue weighted by atomic mass is 10.3. The summed E-state index contributed by atoms with van der Waals surface area (Å²) in [6, 6.07) is 8.05. The van der Waals surface area contributed by atoms with Crippen molar-refractivity contribution in [3.63, 3.8) is 0 Å². The number of aromatic nitrogens is 2. The largest absolute Gasteiger partial charge is 0.395 e. The average Bonchev–Trinajstić information content (AvgIpc) is 2.80. The number of rotatable bonds is 7. The molecule has 0 spiro atoms. The summed E-state index contributed by atoms with van der Waals surface area (Å²) in [5.41, 5.74) is 2.16. The van der Waals surface area contributed by atoms with E-state index in [2.05, 4.69) is 27.9 Å². The van der Waals surface area contributed by atoms with Crippen molar-refractivity contribution >= 4 is 11.0 Å². The van der Waals surface area contributed by atoms with Crippen molar-refractivity contribution in [2.75, 3.05) is 20.3 Å². The maximum Gasteiger partial charge on any atom is 0.123 e. The van der Waals surface area contributed by atoms with E-state index < -0.39 is 0 Å². The zero-order valence-electron chi connectivity index (χ0n) is 11.5. The lowest BCUT2D eigenvalue weighted by Crippen LogP contribution is -2.36. The summed E-state index contributed by atoms with van der Waals surface area (Å²) in [6.07, 6.45) is 0. The molecule has 0 saturated heterocycles. The molecule has 0 aliphatic rings. The Morgan fingerprint density at radius 3 is 2.89 bits per heavy atom. The number of hydrogen-bond donors (Lipinski definition) is 2. The van der Waals surface area contributed by atoms with Gasteiger partial charge in [-0.15, -0.1) is 0 Å². The van der Waals surface area contributed by atoms with Gasteiger partial charge in [0, 0.05) is 13.7 Å². The van der Waals surface area contributed by atoms with Crippen LogP contribution in [0.5, 0.6) is 0 Å². The Balaban J connectivity index is 2.15. The molecule has 1 heterocycles. The van der Waals surface area contributed by atoms with Crippen molar-refractivity contribution in [1.82, 2.24) is 14.9 Å². The molecule has 1 atom stereocenters. The van der Waals surface area contributed by atoms with E-state index in [4.69, 9.17) is 4.74 Å². The van der Waals surface area contributed by atoms with Crippen molar-refractivity contribution in [3.8, 4) is 0 Å². The topological polar surface area (TPSA) is 59.3 Å². The standard InChI is InChI=1S/C14H21N3O2/c1-3-17-13-7-5-4-6-12(13)16-14(17)8-15-11(9-18)10-19-2/h4-7,11,15,18H,3,8-10H2,1-2H3. The highest BCUT2D eigenvalue weighted by Crippen LogP contribution is 2.15. The predicted molar refractivity (Wildman–Crippen MR) is 75.0 cm³/mol. The lowest BCUT2D eigenvalue weighted by molar-refractivity contribution is 0.127. The third-order valence-electron chi connectivity index (χ3n) is 3.19. The van der Waals surface area contributed by atoms with Gasteiger partial charge >= 0.3 is 0 Å². The Morgan fingerprint density at radius 2 is 2.21 bits per heavy atom. The van der Waals surface area contributed by atoms with Crippen LogP contribution in [0.2, 0.25) is 0 Å². The Bertz CT molecular complexity index is 524. The number of benzene rings is 1. The van der Waals surface area contributed by atoms with Crippen molar-refractivity contribution in [1.29, 1.82) is 0 Å². The van der Waals surface area contributed by atoms with Crippen molar-refractivity contribution < 1.29 is 9.84 Å². The molecule has 2 aromatic rings. The van der Waals surface area contributed by atoms with E-state index in [0.29, 0.717) is 13.2 Å². The Morgan fingerprint density at radius 1 is 1.42 bits per heavy atom. The zero-order chi connectivity index (χ0) is 13.7. The highest BCUT2D eigenvalue weighted by Gasteiger charge is 2.11. The minimum atomic E-state index is -0.0601. The van der Waals surface area contributed by atoms with Crippen molar-refractivity contribution in [3.05, 3.63) is 30.1 Å². The molecule has 0 fully saturated rings. The first-order chi connectivity index (χ1) is 9.30. The molecule has 5 nitrogen and oxygen atoms in total. The first-order valence-corrected chi connectivity index (χ1v) is 6.57. The van der Waals surface area contributed by atoms with Crippen LogP contribution in [0.4, 0.5) is 0 Å². The molecule has 1 aromatic heterocycles. The number of nitrogens with one attached hydrogen (secondary N) is 1. The molecule has 0 aliphatic carbocycles. The fraction of sp³-hybridized carbons (Fsp3) is 0.500. The molecule has 2 N–H and O–H groups in total. The summed E-state index contributed by atoms with van der Waals surface area (Å²) >= 11 is 0. The number of imidazole rings is 1. The number of methoxy groups -OCH3 is 1. The maximum absolute atomic E-state index is 9.23. The molecule has 0 radical (unpaired) electrons. The van der Waals surface area contributed by atoms with Crippen LogP contribution in [0, 0.1) is 0 Å². The van der Waals surface area contributed by atoms with Crippen LogP contribution in [0.15, 0.2) is 24.3 Å². The second-order valence-corrected chi connectivity index (χ2v) is 4.48. The van der Waals surface area contributed by atoms with Gasteiger partial charge < -0.3 is 19.7 Å². The quantitative estimate of drug-likeness (QED) is 0.787. The summed E-state index contributed by atoms with van der Waals surface area (Å²) < 4.78 is 7.23. The first kappa shape index (κ1) is 14.0. The molecule has 1 aromatic carbocycles. The molecule has 1 unspecified atom stereocenters. The van der Waals surface area contributed by atoms with E-state index in [1.54, 1.807) is 7.11 Å². The fourth-order valence-corrected chi connectivity index (χ4v) is 2.23. The SMILES string of the molecule is CCn1c(CNC(CO)COC)nc2ccccc21. The normalized spacial score (nSPS) is 13.0. The summed E-state index contributed by atoms with van der Waals surface area (Å²) in [4.78, 5) is 4.63. The summed E-state index contributed by atoms with van der Waals surface area (Å²) in [7, 11) is 1.63. The molecule has 2 rings (SSSR count). The highest BCUT2D eigenvalue weighted by atomic mass is 16.5. The molecule has 0 saturated carbocycles. The summed E-state index contributed by atoms with van der Waals surface area (Å²) in [5, 5.41) is 12.5. The van der Waals surface area contributed by atoms with Gasteiger partial charge in [0.1, 0.15) is 5.82 Å². The van der Waals surface area contributed by atoms with Crippen LogP contribution < -0.4 is 5.32 Å². The number of nitrogens with zero attached hydrogens (tertiary/aromatic N) is 2. The van der Waals surface area contributed by atoms with Gasteiger partial charge in [-0.25, -0.2) is 4.98 Å². The average molecular weight is 263 g/mol. The Hall–Kier alpha value is -1.43. The van der Waals surface area contributed by atoms with Gasteiger partial charge in [-0.2, -0.15) is 0 Å². The Labute approximate surface area is 113 Å². The number of aryl methyl sites for hydroxylation is 1. The van der Waals surface area contributed by atoms with Gasteiger partial charge in [-0.05, 0) is 19.1 Å². The minimum Gasteiger partial charge on any atom is -0.395 e. The molecular formula is C14H21N3O2. The van der Waals surface area contributed by atoms with Gasteiger partial charge in [0.15, 0.2) is 0 Å². The van der Waals surface area contributed by atoms with Crippen LogP contribution in [-0.2, 0) is 17.8 Å². The molecule has 0 aliphatic heterocycles. The smallest absolute Gasteiger partial charge is 0.123 e. The molecule has 5 heteroatoms. The molecule has 0 bridgehead atoms. The molecular weight excluding hydrogens is 242 g/mol. The molecule has 0 amide bonds. The van der Waals surface area contributed by atoms with Gasteiger partial charge in [0.05, 0.1) is 36.8 Å². The van der Waals surface area contributed by atoms with Crippen LogP contribution in [0.3, 0.4) is 0 Å². The predicted octanol–water partition coefficient (Wildman–Crippen LogP) is 1.15. The number of aliphatic hydroxyl groups is 1.